The third-order valence-corrected chi connectivity index (χ3v) is 4.05. The molecule has 1 fully saturated rings. The molecule has 1 aromatic carbocycles. The number of morpholine rings is 1. The Balaban J connectivity index is 1.78. The van der Waals surface area contributed by atoms with E-state index in [0.29, 0.717) is 26.2 Å². The lowest BCUT2D eigenvalue weighted by atomic mass is 10.0. The van der Waals surface area contributed by atoms with Gasteiger partial charge in [-0.1, -0.05) is 18.2 Å². The number of rotatable bonds is 3. The highest BCUT2D eigenvalue weighted by Crippen LogP contribution is 2.36. The van der Waals surface area contributed by atoms with Gasteiger partial charge in [-0.3, -0.25) is 4.90 Å². The summed E-state index contributed by atoms with van der Waals surface area (Å²) < 4.78 is 47.0. The Bertz CT molecular complexity index is 669. The second-order valence-electron chi connectivity index (χ2n) is 5.63. The number of imidazole rings is 1. The van der Waals surface area contributed by atoms with Crippen LogP contribution in [-0.2, 0) is 24.5 Å². The van der Waals surface area contributed by atoms with Crippen molar-refractivity contribution in [3.8, 4) is 0 Å². The molecule has 0 saturated carbocycles. The largest absolute Gasteiger partial charge is 0.416 e. The number of hydrogen-bond acceptors (Lipinski definition) is 3. The van der Waals surface area contributed by atoms with Gasteiger partial charge < -0.3 is 9.30 Å². The second-order valence-corrected chi connectivity index (χ2v) is 5.63. The Hall–Kier alpha value is -1.86. The van der Waals surface area contributed by atoms with E-state index in [-0.39, 0.29) is 5.56 Å². The van der Waals surface area contributed by atoms with Gasteiger partial charge in [0.25, 0.3) is 0 Å². The zero-order chi connectivity index (χ0) is 16.4. The van der Waals surface area contributed by atoms with Crippen LogP contribution in [0.1, 0.15) is 23.1 Å². The molecule has 3 rings (SSSR count). The van der Waals surface area contributed by atoms with E-state index in [1.807, 2.05) is 17.8 Å². The average molecular weight is 325 g/mol. The molecule has 0 N–H and O–H groups in total. The summed E-state index contributed by atoms with van der Waals surface area (Å²) in [5.41, 5.74) is -0.423. The normalized spacial score (nSPS) is 19.9. The fourth-order valence-electron chi connectivity index (χ4n) is 2.82. The first-order valence-electron chi connectivity index (χ1n) is 7.41. The van der Waals surface area contributed by atoms with Gasteiger partial charge in [0.15, 0.2) is 0 Å². The highest BCUT2D eigenvalue weighted by molar-refractivity contribution is 5.32. The monoisotopic (exact) mass is 325 g/mol. The topological polar surface area (TPSA) is 30.3 Å². The minimum atomic E-state index is -4.37. The van der Waals surface area contributed by atoms with Crippen LogP contribution in [0.3, 0.4) is 0 Å². The molecule has 1 aliphatic rings. The minimum Gasteiger partial charge on any atom is -0.371 e. The Morgan fingerprint density at radius 2 is 2.09 bits per heavy atom. The first-order chi connectivity index (χ1) is 10.9. The first-order valence-corrected chi connectivity index (χ1v) is 7.41. The molecule has 2 aromatic rings. The van der Waals surface area contributed by atoms with Gasteiger partial charge in [-0.25, -0.2) is 4.98 Å². The number of aryl methyl sites for hydroxylation is 1. The van der Waals surface area contributed by atoms with Crippen molar-refractivity contribution >= 4 is 0 Å². The summed E-state index contributed by atoms with van der Waals surface area (Å²) in [6.07, 6.45) is -1.39. The maximum atomic E-state index is 13.2. The van der Waals surface area contributed by atoms with Gasteiger partial charge in [-0.05, 0) is 11.6 Å². The van der Waals surface area contributed by atoms with Crippen molar-refractivity contribution in [2.45, 2.75) is 18.8 Å². The number of ether oxygens (including phenoxy) is 1. The van der Waals surface area contributed by atoms with Crippen molar-refractivity contribution < 1.29 is 17.9 Å². The van der Waals surface area contributed by atoms with E-state index < -0.39 is 17.8 Å². The molecule has 1 saturated heterocycles. The molecule has 0 bridgehead atoms. The highest BCUT2D eigenvalue weighted by Gasteiger charge is 2.36. The molecule has 1 atom stereocenters. The predicted octanol–water partition coefficient (Wildman–Crippen LogP) is 3.01. The Morgan fingerprint density at radius 3 is 2.78 bits per heavy atom. The van der Waals surface area contributed by atoms with E-state index in [4.69, 9.17) is 4.74 Å². The Kier molecular flexibility index (Phi) is 4.41. The maximum Gasteiger partial charge on any atom is 0.416 e. The lowest BCUT2D eigenvalue weighted by Crippen LogP contribution is -2.39. The lowest BCUT2D eigenvalue weighted by molar-refractivity contribution is -0.140. The quantitative estimate of drug-likeness (QED) is 0.869. The molecule has 0 spiro atoms. The van der Waals surface area contributed by atoms with Crippen LogP contribution in [0.25, 0.3) is 0 Å². The van der Waals surface area contributed by atoms with E-state index in [2.05, 4.69) is 9.88 Å². The van der Waals surface area contributed by atoms with E-state index >= 15 is 0 Å². The summed E-state index contributed by atoms with van der Waals surface area (Å²) in [6, 6.07) is 5.63. The van der Waals surface area contributed by atoms with Gasteiger partial charge in [-0.15, -0.1) is 0 Å². The number of benzene rings is 1. The molecule has 1 aliphatic heterocycles. The predicted molar refractivity (Wildman–Crippen MR) is 78.6 cm³/mol. The van der Waals surface area contributed by atoms with Gasteiger partial charge in [0.05, 0.1) is 24.8 Å². The third kappa shape index (κ3) is 3.56. The zero-order valence-electron chi connectivity index (χ0n) is 12.8. The molecule has 23 heavy (non-hydrogen) atoms. The molecular weight excluding hydrogens is 307 g/mol. The van der Waals surface area contributed by atoms with E-state index in [0.717, 1.165) is 11.9 Å². The number of hydrogen-bond donors (Lipinski definition) is 0. The molecule has 0 amide bonds. The summed E-state index contributed by atoms with van der Waals surface area (Å²) in [4.78, 5) is 6.34. The van der Waals surface area contributed by atoms with Crippen molar-refractivity contribution in [2.24, 2.45) is 7.05 Å². The minimum absolute atomic E-state index is 0.199. The van der Waals surface area contributed by atoms with Crippen molar-refractivity contribution in [1.82, 2.24) is 14.5 Å². The highest BCUT2D eigenvalue weighted by atomic mass is 19.4. The van der Waals surface area contributed by atoms with E-state index in [1.54, 1.807) is 12.3 Å². The number of nitrogens with zero attached hydrogens (tertiary/aromatic N) is 3. The SMILES string of the molecule is Cn1ccnc1CN1CCO[C@H](c2ccccc2C(F)(F)F)C1. The van der Waals surface area contributed by atoms with Crippen molar-refractivity contribution in [3.05, 3.63) is 53.6 Å². The van der Waals surface area contributed by atoms with Crippen LogP contribution in [0.5, 0.6) is 0 Å². The molecule has 0 radical (unpaired) electrons. The smallest absolute Gasteiger partial charge is 0.371 e. The summed E-state index contributed by atoms with van der Waals surface area (Å²) >= 11 is 0. The van der Waals surface area contributed by atoms with Gasteiger partial charge in [0, 0.05) is 32.5 Å². The molecule has 4 nitrogen and oxygen atoms in total. The van der Waals surface area contributed by atoms with Crippen LogP contribution in [0, 0.1) is 0 Å². The third-order valence-electron chi connectivity index (χ3n) is 4.05. The van der Waals surface area contributed by atoms with E-state index in [1.165, 1.54) is 12.1 Å². The Labute approximate surface area is 132 Å². The first kappa shape index (κ1) is 16.0. The van der Waals surface area contributed by atoms with Gasteiger partial charge in [0.2, 0.25) is 0 Å². The summed E-state index contributed by atoms with van der Waals surface area (Å²) in [5, 5.41) is 0. The van der Waals surface area contributed by atoms with Crippen LogP contribution >= 0.6 is 0 Å². The fourth-order valence-corrected chi connectivity index (χ4v) is 2.82. The van der Waals surface area contributed by atoms with Crippen molar-refractivity contribution in [1.29, 1.82) is 0 Å². The molecule has 0 aliphatic carbocycles. The molecule has 1 aromatic heterocycles. The van der Waals surface area contributed by atoms with Gasteiger partial charge >= 0.3 is 6.18 Å². The average Bonchev–Trinajstić information content (AvgIpc) is 2.92. The van der Waals surface area contributed by atoms with Crippen molar-refractivity contribution in [2.75, 3.05) is 19.7 Å². The van der Waals surface area contributed by atoms with E-state index in [9.17, 15) is 13.2 Å². The fraction of sp³-hybridized carbons (Fsp3) is 0.438. The maximum absolute atomic E-state index is 13.2. The summed E-state index contributed by atoms with van der Waals surface area (Å²) in [5.74, 6) is 0.884. The molecule has 0 unspecified atom stereocenters. The van der Waals surface area contributed by atoms with Crippen LogP contribution in [0.2, 0.25) is 0 Å². The molecule has 2 heterocycles. The van der Waals surface area contributed by atoms with Crippen LogP contribution in [-0.4, -0.2) is 34.1 Å². The van der Waals surface area contributed by atoms with Crippen LogP contribution in [0.4, 0.5) is 13.2 Å². The standard InChI is InChI=1S/C16H18F3N3O/c1-21-7-6-20-15(21)11-22-8-9-23-14(10-22)12-4-2-3-5-13(12)16(17,18)19/h2-7,14H,8-11H2,1H3/t14-/m0/s1. The molecule has 124 valence electrons. The second kappa shape index (κ2) is 6.33. The number of halogens is 3. The van der Waals surface area contributed by atoms with Crippen LogP contribution in [0.15, 0.2) is 36.7 Å². The number of aromatic nitrogens is 2. The van der Waals surface area contributed by atoms with Crippen LogP contribution < -0.4 is 0 Å². The number of alkyl halides is 3. The van der Waals surface area contributed by atoms with Crippen molar-refractivity contribution in [3.63, 3.8) is 0 Å². The molecule has 7 heteroatoms. The summed E-state index contributed by atoms with van der Waals surface area (Å²) in [7, 11) is 1.90. The van der Waals surface area contributed by atoms with Gasteiger partial charge in [0.1, 0.15) is 5.82 Å². The Morgan fingerprint density at radius 1 is 1.30 bits per heavy atom. The summed E-state index contributed by atoms with van der Waals surface area (Å²) in [6.45, 7) is 2.09. The van der Waals surface area contributed by atoms with Gasteiger partial charge in [-0.2, -0.15) is 13.2 Å². The lowest BCUT2D eigenvalue weighted by Gasteiger charge is -2.33. The zero-order valence-corrected chi connectivity index (χ0v) is 12.8. The molecular formula is C16H18F3N3O.